The second-order valence-electron chi connectivity index (χ2n) is 2.77. The molecule has 0 atom stereocenters. The molecule has 0 unspecified atom stereocenters. The second-order valence-corrected chi connectivity index (χ2v) is 3.80. The smallest absolute Gasteiger partial charge is 0.362 e. The second kappa shape index (κ2) is 5.82. The fourth-order valence-corrected chi connectivity index (χ4v) is 0.873. The van der Waals surface area contributed by atoms with E-state index >= 15 is 0 Å². The lowest BCUT2D eigenvalue weighted by Gasteiger charge is -2.15. The van der Waals surface area contributed by atoms with E-state index in [1.807, 2.05) is 6.08 Å². The maximum atomic E-state index is 8.88. The first-order valence-corrected chi connectivity index (χ1v) is 5.41. The summed E-state index contributed by atoms with van der Waals surface area (Å²) in [6.07, 6.45) is 6.04. The monoisotopic (exact) mass is 222 g/mol. The quantitative estimate of drug-likeness (QED) is 0.447. The van der Waals surface area contributed by atoms with Gasteiger partial charge in [-0.25, -0.2) is 4.57 Å². The first-order valence-electron chi connectivity index (χ1n) is 3.84. The zero-order chi connectivity index (χ0) is 11.2. The summed E-state index contributed by atoms with van der Waals surface area (Å²) in [5, 5.41) is 0. The van der Waals surface area contributed by atoms with Gasteiger partial charge in [0.05, 0.1) is 6.67 Å². The van der Waals surface area contributed by atoms with Crippen LogP contribution in [0, 0.1) is 0 Å². The maximum Gasteiger partial charge on any atom is 0.466 e. The largest absolute Gasteiger partial charge is 0.466 e. The van der Waals surface area contributed by atoms with Crippen LogP contribution < -0.4 is 0 Å². The number of rotatable bonds is 2. The first kappa shape index (κ1) is 13.2. The van der Waals surface area contributed by atoms with Gasteiger partial charge in [0.15, 0.2) is 0 Å². The molecule has 7 heteroatoms. The molecule has 0 aliphatic carbocycles. The fourth-order valence-electron chi connectivity index (χ4n) is 0.873. The summed E-state index contributed by atoms with van der Waals surface area (Å²) in [5.74, 6) is 0. The minimum Gasteiger partial charge on any atom is -0.362 e. The topological polar surface area (TPSA) is 84.2 Å². The molecule has 3 N–H and O–H groups in total. The van der Waals surface area contributed by atoms with Crippen molar-refractivity contribution in [3.8, 4) is 0 Å². The molecule has 0 saturated heterocycles. The van der Waals surface area contributed by atoms with Gasteiger partial charge in [-0.1, -0.05) is 6.08 Å². The Bertz CT molecular complexity index is 242. The zero-order valence-corrected chi connectivity index (χ0v) is 8.84. The highest BCUT2D eigenvalue weighted by molar-refractivity contribution is 7.45. The highest BCUT2D eigenvalue weighted by atomic mass is 31.2. The van der Waals surface area contributed by atoms with Crippen molar-refractivity contribution in [2.75, 3.05) is 20.3 Å². The van der Waals surface area contributed by atoms with Crippen molar-refractivity contribution in [1.82, 2.24) is 9.80 Å². The average molecular weight is 222 g/mol. The van der Waals surface area contributed by atoms with Gasteiger partial charge in [-0.2, -0.15) is 0 Å². The molecule has 0 aromatic heterocycles. The van der Waals surface area contributed by atoms with Crippen LogP contribution in [0.1, 0.15) is 0 Å². The van der Waals surface area contributed by atoms with Crippen molar-refractivity contribution in [1.29, 1.82) is 0 Å². The number of hydrogen-bond donors (Lipinski definition) is 3. The Labute approximate surface area is 83.0 Å². The van der Waals surface area contributed by atoms with E-state index in [1.54, 1.807) is 0 Å². The van der Waals surface area contributed by atoms with Crippen LogP contribution in [0.15, 0.2) is 25.1 Å². The molecular formula is C7H15N2O4P. The summed E-state index contributed by atoms with van der Waals surface area (Å²) in [5.41, 5.74) is 0. The molecule has 14 heavy (non-hydrogen) atoms. The summed E-state index contributed by atoms with van der Waals surface area (Å²) in [6.45, 7) is 5.59. The molecule has 0 aromatic rings. The molecule has 1 aliphatic heterocycles. The van der Waals surface area contributed by atoms with Crippen LogP contribution in [0.25, 0.3) is 0 Å². The molecule has 0 radical (unpaired) electrons. The van der Waals surface area contributed by atoms with Crippen molar-refractivity contribution in [2.24, 2.45) is 0 Å². The summed E-state index contributed by atoms with van der Waals surface area (Å²) in [6, 6.07) is 0. The summed E-state index contributed by atoms with van der Waals surface area (Å²) in [4.78, 5) is 25.9. The zero-order valence-electron chi connectivity index (χ0n) is 7.94. The predicted molar refractivity (Wildman–Crippen MR) is 52.9 cm³/mol. The maximum absolute atomic E-state index is 8.88. The highest BCUT2D eigenvalue weighted by Crippen LogP contribution is 2.25. The molecule has 0 spiro atoms. The van der Waals surface area contributed by atoms with Crippen LogP contribution in [-0.2, 0) is 4.57 Å². The third kappa shape index (κ3) is 9.28. The highest BCUT2D eigenvalue weighted by Gasteiger charge is 2.04. The Balaban J connectivity index is 0.000000292. The molecule has 6 nitrogen and oxygen atoms in total. The van der Waals surface area contributed by atoms with Gasteiger partial charge in [0.25, 0.3) is 0 Å². The van der Waals surface area contributed by atoms with Gasteiger partial charge in [-0.15, -0.1) is 6.58 Å². The summed E-state index contributed by atoms with van der Waals surface area (Å²) >= 11 is 0. The molecule has 0 saturated carbocycles. The van der Waals surface area contributed by atoms with E-state index in [2.05, 4.69) is 35.8 Å². The van der Waals surface area contributed by atoms with E-state index in [-0.39, 0.29) is 0 Å². The SMILES string of the molecule is C=CCN1C=CN(C)C1.O=P(O)(O)O. The lowest BCUT2D eigenvalue weighted by Crippen LogP contribution is -2.21. The lowest BCUT2D eigenvalue weighted by atomic mass is 10.6. The molecule has 0 amide bonds. The van der Waals surface area contributed by atoms with Crippen molar-refractivity contribution in [3.05, 3.63) is 25.1 Å². The Morgan fingerprint density at radius 1 is 1.50 bits per heavy atom. The van der Waals surface area contributed by atoms with E-state index in [0.29, 0.717) is 0 Å². The van der Waals surface area contributed by atoms with Crippen LogP contribution in [0.4, 0.5) is 0 Å². The van der Waals surface area contributed by atoms with Crippen LogP contribution in [0.2, 0.25) is 0 Å². The minimum atomic E-state index is -4.64. The molecule has 82 valence electrons. The van der Waals surface area contributed by atoms with Gasteiger partial charge >= 0.3 is 7.82 Å². The van der Waals surface area contributed by atoms with E-state index < -0.39 is 7.82 Å². The van der Waals surface area contributed by atoms with E-state index in [9.17, 15) is 0 Å². The summed E-state index contributed by atoms with van der Waals surface area (Å²) in [7, 11) is -2.58. The van der Waals surface area contributed by atoms with Gasteiger partial charge in [0.1, 0.15) is 0 Å². The van der Waals surface area contributed by atoms with Gasteiger partial charge in [-0.3, -0.25) is 0 Å². The van der Waals surface area contributed by atoms with E-state index in [1.165, 1.54) is 0 Å². The lowest BCUT2D eigenvalue weighted by molar-refractivity contribution is 0.275. The molecule has 1 aliphatic rings. The Morgan fingerprint density at radius 2 is 2.00 bits per heavy atom. The van der Waals surface area contributed by atoms with Crippen LogP contribution in [0.5, 0.6) is 0 Å². The number of hydrogen-bond acceptors (Lipinski definition) is 3. The minimum absolute atomic E-state index is 0.945. The Kier molecular flexibility index (Phi) is 5.49. The fraction of sp³-hybridized carbons (Fsp3) is 0.429. The molecular weight excluding hydrogens is 207 g/mol. The first-order chi connectivity index (χ1) is 6.33. The standard InChI is InChI=1S/C7H12N2.H3O4P/c1-3-4-9-6-5-8(2)7-9;1-5(2,3)4/h3,5-6H,1,4,7H2,2H3;(H3,1,2,3,4). The van der Waals surface area contributed by atoms with Crippen molar-refractivity contribution in [3.63, 3.8) is 0 Å². The van der Waals surface area contributed by atoms with Crippen molar-refractivity contribution in [2.45, 2.75) is 0 Å². The molecule has 1 heterocycles. The predicted octanol–water partition coefficient (Wildman–Crippen LogP) is -0.0801. The van der Waals surface area contributed by atoms with Gasteiger partial charge in [-0.05, 0) is 0 Å². The third-order valence-corrected chi connectivity index (χ3v) is 1.30. The molecule has 0 fully saturated rings. The molecule has 0 aromatic carbocycles. The average Bonchev–Trinajstić information content (AvgIpc) is 2.32. The third-order valence-electron chi connectivity index (χ3n) is 1.30. The van der Waals surface area contributed by atoms with Gasteiger partial charge in [0.2, 0.25) is 0 Å². The van der Waals surface area contributed by atoms with Crippen molar-refractivity contribution >= 4 is 7.82 Å². The normalized spacial score (nSPS) is 15.1. The van der Waals surface area contributed by atoms with Gasteiger partial charge < -0.3 is 24.5 Å². The summed E-state index contributed by atoms with van der Waals surface area (Å²) < 4.78 is 8.88. The van der Waals surface area contributed by atoms with E-state index in [0.717, 1.165) is 13.2 Å². The van der Waals surface area contributed by atoms with Gasteiger partial charge in [0, 0.05) is 26.0 Å². The van der Waals surface area contributed by atoms with Crippen molar-refractivity contribution < 1.29 is 19.2 Å². The molecule has 1 rings (SSSR count). The van der Waals surface area contributed by atoms with Crippen LogP contribution >= 0.6 is 7.82 Å². The Hall–Kier alpha value is -0.810. The number of nitrogens with zero attached hydrogens (tertiary/aromatic N) is 2. The Morgan fingerprint density at radius 3 is 2.29 bits per heavy atom. The van der Waals surface area contributed by atoms with Crippen LogP contribution in [0.3, 0.4) is 0 Å². The van der Waals surface area contributed by atoms with Crippen LogP contribution in [-0.4, -0.2) is 44.7 Å². The van der Waals surface area contributed by atoms with E-state index in [4.69, 9.17) is 19.2 Å². The number of phosphoric acid groups is 1. The molecule has 0 bridgehead atoms.